The molecule has 3 aromatic rings. The van der Waals surface area contributed by atoms with Crippen molar-refractivity contribution in [3.05, 3.63) is 98.8 Å². The van der Waals surface area contributed by atoms with E-state index in [0.717, 1.165) is 0 Å². The van der Waals surface area contributed by atoms with Crippen molar-refractivity contribution in [2.75, 3.05) is 11.6 Å². The minimum absolute atomic E-state index is 0.0859. The van der Waals surface area contributed by atoms with Gasteiger partial charge in [-0.2, -0.15) is 0 Å². The van der Waals surface area contributed by atoms with Gasteiger partial charge in [-0.3, -0.25) is 19.7 Å². The molecule has 0 aliphatic heterocycles. The van der Waals surface area contributed by atoms with Crippen molar-refractivity contribution in [2.45, 2.75) is 11.8 Å². The first-order chi connectivity index (χ1) is 14.3. The van der Waals surface area contributed by atoms with Crippen LogP contribution < -0.4 is 5.32 Å². The lowest BCUT2D eigenvalue weighted by Gasteiger charge is -2.12. The van der Waals surface area contributed by atoms with Crippen LogP contribution in [0.2, 0.25) is 0 Å². The Morgan fingerprint density at radius 2 is 1.73 bits per heavy atom. The minimum atomic E-state index is -0.581. The van der Waals surface area contributed by atoms with Gasteiger partial charge in [0.1, 0.15) is 5.82 Å². The van der Waals surface area contributed by atoms with Gasteiger partial charge in [0.25, 0.3) is 11.6 Å². The molecule has 0 saturated heterocycles. The van der Waals surface area contributed by atoms with Crippen molar-refractivity contribution >= 4 is 34.8 Å². The fraction of sp³-hybridized carbons (Fsp3) is 0.0909. The monoisotopic (exact) mass is 424 g/mol. The fourth-order valence-corrected chi connectivity index (χ4v) is 3.47. The maximum atomic E-state index is 13.5. The third kappa shape index (κ3) is 4.38. The molecule has 8 heteroatoms. The number of nitrogens with zero attached hydrogens (tertiary/aromatic N) is 1. The number of ketones is 1. The molecule has 0 aliphatic carbocycles. The Kier molecular flexibility index (Phi) is 6.27. The Morgan fingerprint density at radius 1 is 1.03 bits per heavy atom. The van der Waals surface area contributed by atoms with Crippen LogP contribution in [0.25, 0.3) is 0 Å². The molecule has 0 spiro atoms. The lowest BCUT2D eigenvalue weighted by molar-refractivity contribution is -0.387. The summed E-state index contributed by atoms with van der Waals surface area (Å²) in [6, 6.07) is 14.4. The lowest BCUT2D eigenvalue weighted by atomic mass is 9.97. The van der Waals surface area contributed by atoms with Crippen LogP contribution in [0, 0.1) is 22.9 Å². The third-order valence-corrected chi connectivity index (χ3v) is 5.29. The first-order valence-corrected chi connectivity index (χ1v) is 10.1. The minimum Gasteiger partial charge on any atom is -0.322 e. The molecule has 0 radical (unpaired) electrons. The first-order valence-electron chi connectivity index (χ1n) is 8.85. The maximum absolute atomic E-state index is 13.5. The van der Waals surface area contributed by atoms with Crippen LogP contribution in [0.15, 0.2) is 65.6 Å². The number of nitro benzene ring substituents is 1. The molecule has 0 unspecified atom stereocenters. The molecule has 1 amide bonds. The zero-order valence-electron chi connectivity index (χ0n) is 16.1. The van der Waals surface area contributed by atoms with Crippen LogP contribution in [-0.2, 0) is 0 Å². The molecule has 3 rings (SSSR count). The summed E-state index contributed by atoms with van der Waals surface area (Å²) in [6.07, 6.45) is 1.71. The standard InChI is InChI=1S/C22H17FN2O4S/c1-13-7-9-15(23)12-18(13)24-22(27)17-6-4-3-5-16(17)21(26)14-8-10-20(30-2)19(11-14)25(28)29/h3-12H,1-2H3,(H,24,27). The van der Waals surface area contributed by atoms with Gasteiger partial charge in [-0.05, 0) is 49.1 Å². The number of anilines is 1. The van der Waals surface area contributed by atoms with Gasteiger partial charge in [0, 0.05) is 22.9 Å². The second-order valence-corrected chi connectivity index (χ2v) is 7.28. The van der Waals surface area contributed by atoms with Crippen LogP contribution >= 0.6 is 11.8 Å². The number of aryl methyl sites for hydroxylation is 1. The topological polar surface area (TPSA) is 89.3 Å². The Hall–Kier alpha value is -3.52. The highest BCUT2D eigenvalue weighted by Crippen LogP contribution is 2.29. The van der Waals surface area contributed by atoms with Gasteiger partial charge >= 0.3 is 0 Å². The third-order valence-electron chi connectivity index (χ3n) is 4.50. The molecular weight excluding hydrogens is 407 g/mol. The quantitative estimate of drug-likeness (QED) is 0.253. The van der Waals surface area contributed by atoms with Crippen molar-refractivity contribution < 1.29 is 18.9 Å². The molecule has 30 heavy (non-hydrogen) atoms. The number of carbonyl (C=O) groups is 2. The van der Waals surface area contributed by atoms with E-state index >= 15 is 0 Å². The normalized spacial score (nSPS) is 10.5. The number of benzene rings is 3. The zero-order valence-corrected chi connectivity index (χ0v) is 17.0. The molecule has 1 N–H and O–H groups in total. The van der Waals surface area contributed by atoms with Crippen molar-refractivity contribution in [1.29, 1.82) is 0 Å². The lowest BCUT2D eigenvalue weighted by Crippen LogP contribution is -2.17. The molecule has 0 atom stereocenters. The maximum Gasteiger partial charge on any atom is 0.283 e. The van der Waals surface area contributed by atoms with E-state index in [1.54, 1.807) is 25.3 Å². The number of carbonyl (C=O) groups excluding carboxylic acids is 2. The van der Waals surface area contributed by atoms with E-state index in [9.17, 15) is 24.1 Å². The Bertz CT molecular complexity index is 1160. The summed E-state index contributed by atoms with van der Waals surface area (Å²) in [6.45, 7) is 1.72. The van der Waals surface area contributed by atoms with Crippen molar-refractivity contribution in [1.82, 2.24) is 0 Å². The van der Waals surface area contributed by atoms with Crippen molar-refractivity contribution in [2.24, 2.45) is 0 Å². The Morgan fingerprint density at radius 3 is 2.40 bits per heavy atom. The summed E-state index contributed by atoms with van der Waals surface area (Å²) in [5.41, 5.74) is 1.06. The molecule has 3 aromatic carbocycles. The van der Waals surface area contributed by atoms with Crippen molar-refractivity contribution in [3.8, 4) is 0 Å². The van der Waals surface area contributed by atoms with E-state index in [4.69, 9.17) is 0 Å². The van der Waals surface area contributed by atoms with E-state index in [-0.39, 0.29) is 22.4 Å². The number of rotatable bonds is 6. The summed E-state index contributed by atoms with van der Waals surface area (Å²) >= 11 is 1.20. The predicted molar refractivity (Wildman–Crippen MR) is 114 cm³/mol. The summed E-state index contributed by atoms with van der Waals surface area (Å²) in [4.78, 5) is 37.1. The average molecular weight is 424 g/mol. The number of thioether (sulfide) groups is 1. The van der Waals surface area contributed by atoms with E-state index in [0.29, 0.717) is 16.1 Å². The predicted octanol–water partition coefficient (Wildman–Crippen LogP) is 5.25. The van der Waals surface area contributed by atoms with Gasteiger partial charge < -0.3 is 5.32 Å². The number of hydrogen-bond acceptors (Lipinski definition) is 5. The number of nitrogens with one attached hydrogen (secondary N) is 1. The summed E-state index contributed by atoms with van der Waals surface area (Å²) in [5, 5.41) is 13.9. The molecular formula is C22H17FN2O4S. The molecule has 6 nitrogen and oxygen atoms in total. The summed E-state index contributed by atoms with van der Waals surface area (Å²) in [7, 11) is 0. The van der Waals surface area contributed by atoms with Gasteiger partial charge in [-0.25, -0.2) is 4.39 Å². The van der Waals surface area contributed by atoms with E-state index in [1.807, 2.05) is 0 Å². The molecule has 0 fully saturated rings. The van der Waals surface area contributed by atoms with E-state index < -0.39 is 22.4 Å². The SMILES string of the molecule is CSc1ccc(C(=O)c2ccccc2C(=O)Nc2cc(F)ccc2C)cc1[N+](=O)[O-]. The molecule has 0 aromatic heterocycles. The smallest absolute Gasteiger partial charge is 0.283 e. The molecule has 0 heterocycles. The number of hydrogen-bond donors (Lipinski definition) is 1. The highest BCUT2D eigenvalue weighted by Gasteiger charge is 2.22. The second-order valence-electron chi connectivity index (χ2n) is 6.43. The first kappa shape index (κ1) is 21.2. The number of halogens is 1. The van der Waals surface area contributed by atoms with Gasteiger partial charge in [-0.15, -0.1) is 11.8 Å². The Labute approximate surface area is 176 Å². The van der Waals surface area contributed by atoms with E-state index in [1.165, 1.54) is 60.3 Å². The molecule has 0 bridgehead atoms. The van der Waals surface area contributed by atoms with Crippen LogP contribution in [-0.4, -0.2) is 22.9 Å². The largest absolute Gasteiger partial charge is 0.322 e. The van der Waals surface area contributed by atoms with Crippen LogP contribution in [0.1, 0.15) is 31.8 Å². The second kappa shape index (κ2) is 8.87. The Balaban J connectivity index is 1.98. The van der Waals surface area contributed by atoms with Crippen LogP contribution in [0.4, 0.5) is 15.8 Å². The summed E-state index contributed by atoms with van der Waals surface area (Å²) < 4.78 is 13.5. The fourth-order valence-electron chi connectivity index (χ4n) is 2.93. The molecule has 0 saturated carbocycles. The highest BCUT2D eigenvalue weighted by atomic mass is 32.2. The van der Waals surface area contributed by atoms with E-state index in [2.05, 4.69) is 5.32 Å². The molecule has 0 aliphatic rings. The number of nitro groups is 1. The van der Waals surface area contributed by atoms with Crippen LogP contribution in [0.5, 0.6) is 0 Å². The number of amides is 1. The van der Waals surface area contributed by atoms with Gasteiger partial charge in [0.2, 0.25) is 0 Å². The highest BCUT2D eigenvalue weighted by molar-refractivity contribution is 7.98. The van der Waals surface area contributed by atoms with Gasteiger partial charge in [0.05, 0.1) is 15.4 Å². The average Bonchev–Trinajstić information content (AvgIpc) is 2.75. The van der Waals surface area contributed by atoms with Crippen molar-refractivity contribution in [3.63, 3.8) is 0 Å². The van der Waals surface area contributed by atoms with Crippen LogP contribution in [0.3, 0.4) is 0 Å². The van der Waals surface area contributed by atoms with Gasteiger partial charge in [0.15, 0.2) is 5.78 Å². The van der Waals surface area contributed by atoms with Gasteiger partial charge in [-0.1, -0.05) is 24.3 Å². The zero-order chi connectivity index (χ0) is 21.8. The molecule has 152 valence electrons. The summed E-state index contributed by atoms with van der Waals surface area (Å²) in [5.74, 6) is -1.60.